The molecule has 0 radical (unpaired) electrons. The smallest absolute Gasteiger partial charge is 0.312 e. The van der Waals surface area contributed by atoms with Crippen molar-refractivity contribution in [1.29, 1.82) is 0 Å². The number of ketones is 1. The third-order valence-electron chi connectivity index (χ3n) is 6.93. The van der Waals surface area contributed by atoms with E-state index < -0.39 is 0 Å². The van der Waals surface area contributed by atoms with Crippen LogP contribution in [-0.2, 0) is 14.3 Å². The van der Waals surface area contributed by atoms with Crippen LogP contribution in [0.2, 0.25) is 0 Å². The topological polar surface area (TPSA) is 75.9 Å². The Kier molecular flexibility index (Phi) is 16.3. The first kappa shape index (κ1) is 33.0. The number of carbonyl (C=O) groups is 2. The SMILES string of the molecule is CC(=O)CN.CCC.CCCCCC1(CCC)CC(CCN2CCN(c3ccc(F)cc3)CC2)OC1=O. The van der Waals surface area contributed by atoms with E-state index in [1.165, 1.54) is 38.3 Å². The molecule has 0 spiro atoms. The van der Waals surface area contributed by atoms with E-state index in [0.717, 1.165) is 76.9 Å². The van der Waals surface area contributed by atoms with Crippen molar-refractivity contribution in [3.63, 3.8) is 0 Å². The molecular formula is C30H52FN3O3. The van der Waals surface area contributed by atoms with Crippen molar-refractivity contribution in [2.75, 3.05) is 44.2 Å². The molecule has 2 atom stereocenters. The molecule has 6 nitrogen and oxygen atoms in total. The standard InChI is InChI=1S/C24H37FN2O2.C3H7NO.C3H8/c1-3-5-6-13-24(12-4-2)19-22(29-23(24)28)11-14-26-15-17-27(18-16-26)21-9-7-20(25)8-10-21;1-3(5)2-4;1-3-2/h7-10,22H,3-6,11-19H2,1-2H3;2,4H2,1H3;3H2,1-2H3. The summed E-state index contributed by atoms with van der Waals surface area (Å²) < 4.78 is 19.0. The number of piperazine rings is 1. The molecule has 2 N–H and O–H groups in total. The lowest BCUT2D eigenvalue weighted by atomic mass is 9.76. The average molecular weight is 522 g/mol. The van der Waals surface area contributed by atoms with Crippen molar-refractivity contribution in [2.45, 2.75) is 98.5 Å². The summed E-state index contributed by atoms with van der Waals surface area (Å²) in [6.07, 6.45) is 9.66. The van der Waals surface area contributed by atoms with Crippen LogP contribution in [-0.4, -0.2) is 62.0 Å². The first-order chi connectivity index (χ1) is 17.7. The minimum atomic E-state index is -0.226. The van der Waals surface area contributed by atoms with E-state index in [2.05, 4.69) is 37.5 Å². The maximum absolute atomic E-state index is 13.1. The lowest BCUT2D eigenvalue weighted by molar-refractivity contribution is -0.149. The number of nitrogens with two attached hydrogens (primary N) is 1. The van der Waals surface area contributed by atoms with Crippen molar-refractivity contribution in [3.8, 4) is 0 Å². The first-order valence-electron chi connectivity index (χ1n) is 14.4. The number of hydrogen-bond acceptors (Lipinski definition) is 6. The second-order valence-corrected chi connectivity index (χ2v) is 10.4. The van der Waals surface area contributed by atoms with E-state index in [1.54, 1.807) is 0 Å². The average Bonchev–Trinajstić information content (AvgIpc) is 3.19. The summed E-state index contributed by atoms with van der Waals surface area (Å²) in [5, 5.41) is 0. The zero-order valence-electron chi connectivity index (χ0n) is 24.1. The molecule has 0 bridgehead atoms. The summed E-state index contributed by atoms with van der Waals surface area (Å²) in [7, 11) is 0. The van der Waals surface area contributed by atoms with Gasteiger partial charge in [0.25, 0.3) is 0 Å². The first-order valence-corrected chi connectivity index (χ1v) is 14.4. The van der Waals surface area contributed by atoms with Gasteiger partial charge in [-0.15, -0.1) is 0 Å². The van der Waals surface area contributed by atoms with Gasteiger partial charge in [0.2, 0.25) is 0 Å². The summed E-state index contributed by atoms with van der Waals surface area (Å²) in [5.41, 5.74) is 5.69. The van der Waals surface area contributed by atoms with Crippen LogP contribution in [0.5, 0.6) is 0 Å². The van der Waals surface area contributed by atoms with E-state index in [-0.39, 0.29) is 35.6 Å². The normalized spacial score (nSPS) is 21.4. The second kappa shape index (κ2) is 18.3. The Hall–Kier alpha value is -1.99. The fourth-order valence-electron chi connectivity index (χ4n) is 4.93. The Balaban J connectivity index is 0.000000751. The quantitative estimate of drug-likeness (QED) is 0.286. The van der Waals surface area contributed by atoms with Crippen LogP contribution in [0.4, 0.5) is 10.1 Å². The molecule has 2 unspecified atom stereocenters. The number of rotatable bonds is 11. The van der Waals surface area contributed by atoms with Crippen LogP contribution in [0.15, 0.2) is 24.3 Å². The van der Waals surface area contributed by atoms with E-state index in [9.17, 15) is 14.0 Å². The Morgan fingerprint density at radius 2 is 1.62 bits per heavy atom. The van der Waals surface area contributed by atoms with Crippen LogP contribution in [0.1, 0.15) is 92.4 Å². The Morgan fingerprint density at radius 1 is 1.03 bits per heavy atom. The summed E-state index contributed by atoms with van der Waals surface area (Å²) in [6, 6.07) is 6.77. The fourth-order valence-corrected chi connectivity index (χ4v) is 4.93. The molecule has 2 aliphatic heterocycles. The molecule has 0 aliphatic carbocycles. The van der Waals surface area contributed by atoms with Crippen molar-refractivity contribution < 1.29 is 18.7 Å². The predicted molar refractivity (Wildman–Crippen MR) is 151 cm³/mol. The number of anilines is 1. The fraction of sp³-hybridized carbons (Fsp3) is 0.733. The molecule has 37 heavy (non-hydrogen) atoms. The van der Waals surface area contributed by atoms with E-state index >= 15 is 0 Å². The largest absolute Gasteiger partial charge is 0.462 e. The second-order valence-electron chi connectivity index (χ2n) is 10.4. The van der Waals surface area contributed by atoms with Crippen LogP contribution in [0.25, 0.3) is 0 Å². The highest BCUT2D eigenvalue weighted by molar-refractivity contribution is 5.79. The number of esters is 1. The molecule has 2 fully saturated rings. The van der Waals surface area contributed by atoms with Crippen molar-refractivity contribution in [1.82, 2.24) is 4.90 Å². The lowest BCUT2D eigenvalue weighted by Crippen LogP contribution is -2.47. The molecule has 7 heteroatoms. The van der Waals surface area contributed by atoms with Gasteiger partial charge in [-0.2, -0.15) is 0 Å². The van der Waals surface area contributed by atoms with E-state index in [1.807, 2.05) is 12.1 Å². The summed E-state index contributed by atoms with van der Waals surface area (Å²) in [5.74, 6) is -0.0982. The zero-order valence-corrected chi connectivity index (χ0v) is 24.1. The molecule has 2 saturated heterocycles. The Bertz CT molecular complexity index is 766. The third kappa shape index (κ3) is 11.9. The van der Waals surface area contributed by atoms with Gasteiger partial charge in [0.05, 0.1) is 12.0 Å². The molecule has 212 valence electrons. The molecule has 0 amide bonds. The van der Waals surface area contributed by atoms with Crippen molar-refractivity contribution >= 4 is 17.4 Å². The van der Waals surface area contributed by atoms with Gasteiger partial charge in [-0.25, -0.2) is 4.39 Å². The molecule has 1 aromatic carbocycles. The van der Waals surface area contributed by atoms with Crippen molar-refractivity contribution in [3.05, 3.63) is 30.1 Å². The minimum absolute atomic E-state index is 0.0324. The number of ether oxygens (including phenoxy) is 1. The highest BCUT2D eigenvalue weighted by Gasteiger charge is 2.47. The van der Waals surface area contributed by atoms with Gasteiger partial charge >= 0.3 is 5.97 Å². The monoisotopic (exact) mass is 521 g/mol. The van der Waals surface area contributed by atoms with Crippen LogP contribution >= 0.6 is 0 Å². The molecule has 3 rings (SSSR count). The van der Waals surface area contributed by atoms with Crippen LogP contribution in [0.3, 0.4) is 0 Å². The number of carbonyl (C=O) groups excluding carboxylic acids is 2. The highest BCUT2D eigenvalue weighted by atomic mass is 19.1. The van der Waals surface area contributed by atoms with Crippen molar-refractivity contribution in [2.24, 2.45) is 11.1 Å². The van der Waals surface area contributed by atoms with Gasteiger partial charge < -0.3 is 15.4 Å². The van der Waals surface area contributed by atoms with Crippen LogP contribution < -0.4 is 10.6 Å². The molecule has 0 saturated carbocycles. The summed E-state index contributed by atoms with van der Waals surface area (Å²) in [4.78, 5) is 27.2. The highest BCUT2D eigenvalue weighted by Crippen LogP contribution is 2.43. The summed E-state index contributed by atoms with van der Waals surface area (Å²) >= 11 is 0. The third-order valence-corrected chi connectivity index (χ3v) is 6.93. The molecule has 1 aromatic rings. The van der Waals surface area contributed by atoms with Gasteiger partial charge in [0.1, 0.15) is 17.7 Å². The number of unbranched alkanes of at least 4 members (excludes halogenated alkanes) is 2. The molecule has 2 aliphatic rings. The van der Waals surface area contributed by atoms with Gasteiger partial charge in [0.15, 0.2) is 0 Å². The van der Waals surface area contributed by atoms with Gasteiger partial charge in [0, 0.05) is 44.8 Å². The number of benzene rings is 1. The van der Waals surface area contributed by atoms with E-state index in [0.29, 0.717) is 0 Å². The molecule has 2 heterocycles. The number of nitrogens with zero attached hydrogens (tertiary/aromatic N) is 2. The Morgan fingerprint density at radius 3 is 2.14 bits per heavy atom. The van der Waals surface area contributed by atoms with E-state index in [4.69, 9.17) is 10.5 Å². The number of cyclic esters (lactones) is 1. The zero-order chi connectivity index (χ0) is 27.7. The van der Waals surface area contributed by atoms with Gasteiger partial charge in [-0.1, -0.05) is 59.8 Å². The molecule has 0 aromatic heterocycles. The maximum Gasteiger partial charge on any atom is 0.312 e. The predicted octanol–water partition coefficient (Wildman–Crippen LogP) is 5.97. The lowest BCUT2D eigenvalue weighted by Gasteiger charge is -2.36. The van der Waals surface area contributed by atoms with Crippen LogP contribution in [0, 0.1) is 11.2 Å². The summed E-state index contributed by atoms with van der Waals surface area (Å²) in [6.45, 7) is 15.1. The van der Waals surface area contributed by atoms with Gasteiger partial charge in [-0.05, 0) is 50.5 Å². The number of Topliss-reactive ketones (excluding diaryl/α,β-unsaturated/α-hetero) is 1. The molecular weight excluding hydrogens is 469 g/mol. The number of hydrogen-bond donors (Lipinski definition) is 1. The Labute approximate surface area is 225 Å². The number of halogens is 1. The maximum atomic E-state index is 13.1. The van der Waals surface area contributed by atoms with Gasteiger partial charge in [-0.3, -0.25) is 14.5 Å². The minimum Gasteiger partial charge on any atom is -0.462 e.